The highest BCUT2D eigenvalue weighted by Gasteiger charge is 2.33. The number of carbonyl (C=O) groups is 1. The lowest BCUT2D eigenvalue weighted by molar-refractivity contribution is 0.0762. The molecule has 2 atom stereocenters. The second kappa shape index (κ2) is 8.83. The molecule has 0 spiro atoms. The van der Waals surface area contributed by atoms with Gasteiger partial charge < -0.3 is 24.8 Å². The fourth-order valence-electron chi connectivity index (χ4n) is 5.32. The zero-order valence-electron chi connectivity index (χ0n) is 18.8. The standard InChI is InChI=1S/C25H27ClFN5O2/c26-22-11-30-24-20(22)9-17(10-29-24)16-7-15-1-4-32(25(33)31-5-2-18(27)12-31)13-21(15)19(8-16)23-14-34-6-3-28-23/h7-11,18,23,28H,1-6,12-14H2,(H,29,30). The molecule has 2 fully saturated rings. The molecule has 9 heteroatoms. The maximum absolute atomic E-state index is 13.7. The van der Waals surface area contributed by atoms with Gasteiger partial charge in [-0.05, 0) is 47.2 Å². The van der Waals surface area contributed by atoms with Crippen molar-refractivity contribution in [3.63, 3.8) is 0 Å². The molecule has 6 rings (SSSR count). The number of amides is 2. The van der Waals surface area contributed by atoms with E-state index in [1.165, 1.54) is 5.56 Å². The van der Waals surface area contributed by atoms with Crippen molar-refractivity contribution in [1.29, 1.82) is 0 Å². The van der Waals surface area contributed by atoms with Crippen molar-refractivity contribution < 1.29 is 13.9 Å². The van der Waals surface area contributed by atoms with Crippen LogP contribution in [-0.4, -0.2) is 71.4 Å². The van der Waals surface area contributed by atoms with Gasteiger partial charge in [0.2, 0.25) is 0 Å². The Morgan fingerprint density at radius 2 is 2.12 bits per heavy atom. The SMILES string of the molecule is O=C(N1CCc2cc(-c3cnc4[nH]cc(Cl)c4c3)cc(C3COCCN3)c2C1)N1CCC(F)C1. The number of aromatic nitrogens is 2. The first-order chi connectivity index (χ1) is 16.6. The van der Waals surface area contributed by atoms with Crippen LogP contribution in [0, 0.1) is 0 Å². The summed E-state index contributed by atoms with van der Waals surface area (Å²) in [6.45, 7) is 3.89. The van der Waals surface area contributed by atoms with Gasteiger partial charge in [0.15, 0.2) is 0 Å². The smallest absolute Gasteiger partial charge is 0.320 e. The Kier molecular flexibility index (Phi) is 5.67. The Hall–Kier alpha value is -2.68. The monoisotopic (exact) mass is 483 g/mol. The summed E-state index contributed by atoms with van der Waals surface area (Å²) in [5, 5.41) is 5.12. The summed E-state index contributed by atoms with van der Waals surface area (Å²) in [7, 11) is 0. The second-order valence-electron chi connectivity index (χ2n) is 9.33. The fourth-order valence-corrected chi connectivity index (χ4v) is 5.52. The van der Waals surface area contributed by atoms with E-state index in [9.17, 15) is 9.18 Å². The van der Waals surface area contributed by atoms with Crippen molar-refractivity contribution in [2.45, 2.75) is 31.6 Å². The van der Waals surface area contributed by atoms with Gasteiger partial charge in [-0.2, -0.15) is 0 Å². The first-order valence-electron chi connectivity index (χ1n) is 11.8. The van der Waals surface area contributed by atoms with E-state index in [1.807, 2.05) is 11.1 Å². The number of carbonyl (C=O) groups excluding carboxylic acids is 1. The number of halogens is 2. The quantitative estimate of drug-likeness (QED) is 0.576. The maximum Gasteiger partial charge on any atom is 0.320 e. The molecule has 0 saturated carbocycles. The molecule has 34 heavy (non-hydrogen) atoms. The third-order valence-electron chi connectivity index (χ3n) is 7.16. The predicted molar refractivity (Wildman–Crippen MR) is 129 cm³/mol. The van der Waals surface area contributed by atoms with E-state index < -0.39 is 6.17 Å². The van der Waals surface area contributed by atoms with Crippen LogP contribution in [0.5, 0.6) is 0 Å². The number of morpholine rings is 1. The molecule has 5 heterocycles. The number of benzene rings is 1. The number of H-pyrrole nitrogens is 1. The minimum Gasteiger partial charge on any atom is -0.378 e. The highest BCUT2D eigenvalue weighted by molar-refractivity contribution is 6.35. The number of rotatable bonds is 2. The molecular weight excluding hydrogens is 457 g/mol. The number of likely N-dealkylation sites (tertiary alicyclic amines) is 1. The van der Waals surface area contributed by atoms with Crippen LogP contribution in [0.2, 0.25) is 5.02 Å². The molecule has 7 nitrogen and oxygen atoms in total. The van der Waals surface area contributed by atoms with E-state index in [0.29, 0.717) is 44.3 Å². The Morgan fingerprint density at radius 1 is 1.21 bits per heavy atom. The minimum absolute atomic E-state index is 0.0482. The largest absolute Gasteiger partial charge is 0.378 e. The number of ether oxygens (including phenoxy) is 1. The van der Waals surface area contributed by atoms with Gasteiger partial charge in [0.1, 0.15) is 11.8 Å². The predicted octanol–water partition coefficient (Wildman–Crippen LogP) is 4.07. The molecular formula is C25H27ClFN5O2. The van der Waals surface area contributed by atoms with Crippen molar-refractivity contribution in [1.82, 2.24) is 25.1 Å². The third kappa shape index (κ3) is 3.93. The highest BCUT2D eigenvalue weighted by atomic mass is 35.5. The van der Waals surface area contributed by atoms with Gasteiger partial charge in [0.05, 0.1) is 30.8 Å². The molecule has 2 saturated heterocycles. The number of nitrogens with zero attached hydrogens (tertiary/aromatic N) is 3. The molecule has 1 aromatic carbocycles. The van der Waals surface area contributed by atoms with E-state index >= 15 is 0 Å². The zero-order chi connectivity index (χ0) is 23.2. The summed E-state index contributed by atoms with van der Waals surface area (Å²) >= 11 is 6.35. The van der Waals surface area contributed by atoms with E-state index in [-0.39, 0.29) is 18.6 Å². The topological polar surface area (TPSA) is 73.5 Å². The van der Waals surface area contributed by atoms with Crippen molar-refractivity contribution >= 4 is 28.7 Å². The van der Waals surface area contributed by atoms with Crippen LogP contribution < -0.4 is 5.32 Å². The van der Waals surface area contributed by atoms with Gasteiger partial charge in [-0.15, -0.1) is 0 Å². The normalized spacial score (nSPS) is 22.9. The Labute approximate surface area is 202 Å². The van der Waals surface area contributed by atoms with E-state index in [1.54, 1.807) is 11.1 Å². The number of nitrogens with one attached hydrogen (secondary N) is 2. The number of urea groups is 1. The number of pyridine rings is 1. The summed E-state index contributed by atoms with van der Waals surface area (Å²) in [5.74, 6) is 0. The van der Waals surface area contributed by atoms with Crippen molar-refractivity contribution in [2.24, 2.45) is 0 Å². The number of aromatic amines is 1. The summed E-state index contributed by atoms with van der Waals surface area (Å²) < 4.78 is 19.5. The van der Waals surface area contributed by atoms with Crippen LogP contribution in [0.15, 0.2) is 30.6 Å². The molecule has 3 aliphatic heterocycles. The van der Waals surface area contributed by atoms with Crippen molar-refractivity contribution in [3.8, 4) is 11.1 Å². The number of alkyl halides is 1. The lowest BCUT2D eigenvalue weighted by Gasteiger charge is -2.35. The van der Waals surface area contributed by atoms with Gasteiger partial charge in [-0.3, -0.25) is 0 Å². The van der Waals surface area contributed by atoms with Crippen LogP contribution in [-0.2, 0) is 17.7 Å². The number of hydrogen-bond acceptors (Lipinski definition) is 4. The van der Waals surface area contributed by atoms with Crippen LogP contribution >= 0.6 is 11.6 Å². The van der Waals surface area contributed by atoms with Crippen LogP contribution in [0.1, 0.15) is 29.2 Å². The molecule has 3 aromatic rings. The van der Waals surface area contributed by atoms with Crippen LogP contribution in [0.3, 0.4) is 0 Å². The number of hydrogen-bond donors (Lipinski definition) is 2. The van der Waals surface area contributed by atoms with Gasteiger partial charge in [-0.25, -0.2) is 14.2 Å². The average Bonchev–Trinajstić information content (AvgIpc) is 3.48. The number of fused-ring (bicyclic) bond motifs is 2. The van der Waals surface area contributed by atoms with E-state index in [4.69, 9.17) is 16.3 Å². The lowest BCUT2D eigenvalue weighted by Crippen LogP contribution is -2.45. The fraction of sp³-hybridized carbons (Fsp3) is 0.440. The lowest BCUT2D eigenvalue weighted by atomic mass is 9.87. The van der Waals surface area contributed by atoms with Gasteiger partial charge in [0, 0.05) is 49.5 Å². The van der Waals surface area contributed by atoms with Crippen molar-refractivity contribution in [2.75, 3.05) is 39.4 Å². The van der Waals surface area contributed by atoms with Crippen LogP contribution in [0.25, 0.3) is 22.2 Å². The molecule has 2 N–H and O–H groups in total. The Bertz CT molecular complexity index is 1240. The Morgan fingerprint density at radius 3 is 2.91 bits per heavy atom. The average molecular weight is 484 g/mol. The van der Waals surface area contributed by atoms with E-state index in [2.05, 4.69) is 33.5 Å². The molecule has 0 bridgehead atoms. The Balaban J connectivity index is 1.37. The van der Waals surface area contributed by atoms with Crippen LogP contribution in [0.4, 0.5) is 9.18 Å². The first-order valence-corrected chi connectivity index (χ1v) is 12.2. The van der Waals surface area contributed by atoms with E-state index in [0.717, 1.165) is 46.3 Å². The van der Waals surface area contributed by atoms with Crippen molar-refractivity contribution in [3.05, 3.63) is 52.3 Å². The molecule has 2 aromatic heterocycles. The summed E-state index contributed by atoms with van der Waals surface area (Å²) in [5.41, 5.74) is 6.38. The van der Waals surface area contributed by atoms with Gasteiger partial charge in [0.25, 0.3) is 0 Å². The molecule has 0 radical (unpaired) electrons. The molecule has 178 valence electrons. The molecule has 3 aliphatic rings. The first kappa shape index (κ1) is 21.8. The minimum atomic E-state index is -0.915. The summed E-state index contributed by atoms with van der Waals surface area (Å²) in [6, 6.07) is 6.45. The van der Waals surface area contributed by atoms with Gasteiger partial charge >= 0.3 is 6.03 Å². The molecule has 0 aliphatic carbocycles. The maximum atomic E-state index is 13.7. The zero-order valence-corrected chi connectivity index (χ0v) is 19.6. The summed E-state index contributed by atoms with van der Waals surface area (Å²) in [4.78, 5) is 24.2. The molecule has 2 unspecified atom stereocenters. The van der Waals surface area contributed by atoms with Gasteiger partial charge in [-0.1, -0.05) is 17.7 Å². The highest BCUT2D eigenvalue weighted by Crippen LogP contribution is 2.35. The summed E-state index contributed by atoms with van der Waals surface area (Å²) in [6.07, 6.45) is 3.88. The molecule has 2 amide bonds. The third-order valence-corrected chi connectivity index (χ3v) is 7.47. The second-order valence-corrected chi connectivity index (χ2v) is 9.73.